The predicted octanol–water partition coefficient (Wildman–Crippen LogP) is 2.73. The Balaban J connectivity index is 1.88. The molecule has 1 unspecified atom stereocenters. The third kappa shape index (κ3) is 4.90. The Hall–Kier alpha value is -1.26. The second-order valence-corrected chi connectivity index (χ2v) is 5.70. The molecule has 21 heavy (non-hydrogen) atoms. The zero-order valence-electron chi connectivity index (χ0n) is 13.3. The van der Waals surface area contributed by atoms with Crippen molar-refractivity contribution in [3.05, 3.63) is 23.8 Å². The third-order valence-electron chi connectivity index (χ3n) is 3.88. The van der Waals surface area contributed by atoms with Crippen LogP contribution in [0.3, 0.4) is 0 Å². The first kappa shape index (κ1) is 16.1. The molecule has 0 saturated carbocycles. The normalized spacial score (nSPS) is 18.8. The minimum atomic E-state index is 0.300. The van der Waals surface area contributed by atoms with Crippen LogP contribution < -0.4 is 15.4 Å². The van der Waals surface area contributed by atoms with Crippen molar-refractivity contribution in [2.45, 2.75) is 39.2 Å². The number of piperidine rings is 1. The molecule has 4 nitrogen and oxygen atoms in total. The standard InChI is InChI=1S/C17H28N2O2/c1-3-20-10-5-11-21-17-8-7-16(12-14(17)2)19-9-4-6-15(18)13-19/h7-8,12,15H,3-6,9-11,13,18H2,1-2H3. The Morgan fingerprint density at radius 2 is 2.19 bits per heavy atom. The average molecular weight is 292 g/mol. The lowest BCUT2D eigenvalue weighted by Crippen LogP contribution is -2.42. The number of hydrogen-bond acceptors (Lipinski definition) is 4. The molecule has 2 N–H and O–H groups in total. The molecule has 1 aromatic carbocycles. The minimum Gasteiger partial charge on any atom is -0.493 e. The van der Waals surface area contributed by atoms with E-state index in [0.29, 0.717) is 12.6 Å². The predicted molar refractivity (Wildman–Crippen MR) is 87.2 cm³/mol. The van der Waals surface area contributed by atoms with Gasteiger partial charge in [-0.1, -0.05) is 0 Å². The number of rotatable bonds is 7. The summed E-state index contributed by atoms with van der Waals surface area (Å²) in [6.45, 7) is 8.40. The summed E-state index contributed by atoms with van der Waals surface area (Å²) in [6.07, 6.45) is 3.24. The molecule has 118 valence electrons. The number of nitrogens with zero attached hydrogens (tertiary/aromatic N) is 1. The van der Waals surface area contributed by atoms with Gasteiger partial charge in [-0.15, -0.1) is 0 Å². The van der Waals surface area contributed by atoms with E-state index in [-0.39, 0.29) is 0 Å². The lowest BCUT2D eigenvalue weighted by Gasteiger charge is -2.33. The molecule has 1 fully saturated rings. The van der Waals surface area contributed by atoms with Gasteiger partial charge in [-0.2, -0.15) is 0 Å². The summed E-state index contributed by atoms with van der Waals surface area (Å²) < 4.78 is 11.1. The maximum absolute atomic E-state index is 6.06. The average Bonchev–Trinajstić information content (AvgIpc) is 2.48. The lowest BCUT2D eigenvalue weighted by atomic mass is 10.1. The smallest absolute Gasteiger partial charge is 0.122 e. The van der Waals surface area contributed by atoms with Crippen LogP contribution in [0.15, 0.2) is 18.2 Å². The molecular weight excluding hydrogens is 264 g/mol. The Morgan fingerprint density at radius 1 is 1.33 bits per heavy atom. The van der Waals surface area contributed by atoms with E-state index in [1.54, 1.807) is 0 Å². The van der Waals surface area contributed by atoms with E-state index in [2.05, 4.69) is 30.0 Å². The first-order valence-electron chi connectivity index (χ1n) is 8.02. The number of ether oxygens (including phenoxy) is 2. The topological polar surface area (TPSA) is 47.7 Å². The van der Waals surface area contributed by atoms with E-state index in [4.69, 9.17) is 15.2 Å². The van der Waals surface area contributed by atoms with Crippen molar-refractivity contribution in [2.24, 2.45) is 5.73 Å². The highest BCUT2D eigenvalue weighted by molar-refractivity contribution is 5.53. The molecule has 0 radical (unpaired) electrons. The van der Waals surface area contributed by atoms with Crippen molar-refractivity contribution in [1.29, 1.82) is 0 Å². The highest BCUT2D eigenvalue weighted by Crippen LogP contribution is 2.26. The van der Waals surface area contributed by atoms with Crippen LogP contribution in [0.5, 0.6) is 5.75 Å². The molecule has 1 saturated heterocycles. The first-order valence-corrected chi connectivity index (χ1v) is 8.02. The number of anilines is 1. The Morgan fingerprint density at radius 3 is 2.90 bits per heavy atom. The molecule has 1 aliphatic heterocycles. The van der Waals surface area contributed by atoms with Gasteiger partial charge in [0.2, 0.25) is 0 Å². The van der Waals surface area contributed by atoms with Crippen molar-refractivity contribution in [3.8, 4) is 5.75 Å². The molecule has 0 aromatic heterocycles. The van der Waals surface area contributed by atoms with Crippen LogP contribution in [0.4, 0.5) is 5.69 Å². The summed E-state index contributed by atoms with van der Waals surface area (Å²) in [7, 11) is 0. The van der Waals surface area contributed by atoms with Crippen LogP contribution in [0, 0.1) is 6.92 Å². The van der Waals surface area contributed by atoms with E-state index in [1.165, 1.54) is 17.7 Å². The van der Waals surface area contributed by atoms with E-state index < -0.39 is 0 Å². The fourth-order valence-electron chi connectivity index (χ4n) is 2.72. The second kappa shape index (κ2) is 8.25. The summed E-state index contributed by atoms with van der Waals surface area (Å²) >= 11 is 0. The summed E-state index contributed by atoms with van der Waals surface area (Å²) in [4.78, 5) is 2.38. The van der Waals surface area contributed by atoms with Gasteiger partial charge in [0.05, 0.1) is 6.61 Å². The fraction of sp³-hybridized carbons (Fsp3) is 0.647. The molecule has 0 bridgehead atoms. The van der Waals surface area contributed by atoms with Crippen molar-refractivity contribution in [1.82, 2.24) is 0 Å². The second-order valence-electron chi connectivity index (χ2n) is 5.70. The molecule has 0 aliphatic carbocycles. The highest BCUT2D eigenvalue weighted by atomic mass is 16.5. The fourth-order valence-corrected chi connectivity index (χ4v) is 2.72. The van der Waals surface area contributed by atoms with Crippen LogP contribution in [0.25, 0.3) is 0 Å². The number of nitrogens with two attached hydrogens (primary N) is 1. The van der Waals surface area contributed by atoms with Crippen LogP contribution in [-0.2, 0) is 4.74 Å². The summed E-state index contributed by atoms with van der Waals surface area (Å²) in [6, 6.07) is 6.72. The van der Waals surface area contributed by atoms with Gasteiger partial charge in [0, 0.05) is 44.5 Å². The maximum atomic E-state index is 6.06. The Bertz CT molecular complexity index is 437. The zero-order chi connectivity index (χ0) is 15.1. The lowest BCUT2D eigenvalue weighted by molar-refractivity contribution is 0.130. The van der Waals surface area contributed by atoms with E-state index in [0.717, 1.165) is 44.9 Å². The summed E-state index contributed by atoms with van der Waals surface area (Å²) in [5, 5.41) is 0. The SMILES string of the molecule is CCOCCCOc1ccc(N2CCCC(N)C2)cc1C. The molecule has 1 aliphatic rings. The van der Waals surface area contributed by atoms with Gasteiger partial charge >= 0.3 is 0 Å². The molecule has 0 amide bonds. The maximum Gasteiger partial charge on any atom is 0.122 e. The van der Waals surface area contributed by atoms with Crippen LogP contribution in [0.1, 0.15) is 31.7 Å². The molecule has 1 atom stereocenters. The van der Waals surface area contributed by atoms with Gasteiger partial charge in [-0.3, -0.25) is 0 Å². The van der Waals surface area contributed by atoms with Crippen LogP contribution >= 0.6 is 0 Å². The van der Waals surface area contributed by atoms with Gasteiger partial charge in [0.1, 0.15) is 5.75 Å². The summed E-state index contributed by atoms with van der Waals surface area (Å²) in [5.74, 6) is 0.969. The van der Waals surface area contributed by atoms with Crippen LogP contribution in [-0.4, -0.2) is 39.0 Å². The molecule has 2 rings (SSSR count). The van der Waals surface area contributed by atoms with E-state index in [1.807, 2.05) is 6.92 Å². The van der Waals surface area contributed by atoms with Crippen molar-refractivity contribution < 1.29 is 9.47 Å². The minimum absolute atomic E-state index is 0.300. The van der Waals surface area contributed by atoms with Crippen molar-refractivity contribution >= 4 is 5.69 Å². The van der Waals surface area contributed by atoms with E-state index >= 15 is 0 Å². The number of benzene rings is 1. The highest BCUT2D eigenvalue weighted by Gasteiger charge is 2.17. The largest absolute Gasteiger partial charge is 0.493 e. The Kier molecular flexibility index (Phi) is 6.33. The van der Waals surface area contributed by atoms with Gasteiger partial charge in [0.25, 0.3) is 0 Å². The zero-order valence-corrected chi connectivity index (χ0v) is 13.3. The van der Waals surface area contributed by atoms with E-state index in [9.17, 15) is 0 Å². The molecular formula is C17H28N2O2. The third-order valence-corrected chi connectivity index (χ3v) is 3.88. The quantitative estimate of drug-likeness (QED) is 0.785. The van der Waals surface area contributed by atoms with Crippen LogP contribution in [0.2, 0.25) is 0 Å². The van der Waals surface area contributed by atoms with Gasteiger partial charge in [-0.05, 0) is 50.5 Å². The first-order chi connectivity index (χ1) is 10.2. The van der Waals surface area contributed by atoms with Gasteiger partial charge in [0.15, 0.2) is 0 Å². The van der Waals surface area contributed by atoms with Gasteiger partial charge in [-0.25, -0.2) is 0 Å². The number of aryl methyl sites for hydroxylation is 1. The van der Waals surface area contributed by atoms with Crippen molar-refractivity contribution in [3.63, 3.8) is 0 Å². The molecule has 0 spiro atoms. The molecule has 4 heteroatoms. The van der Waals surface area contributed by atoms with Crippen molar-refractivity contribution in [2.75, 3.05) is 37.8 Å². The van der Waals surface area contributed by atoms with Gasteiger partial charge < -0.3 is 20.1 Å². The number of hydrogen-bond donors (Lipinski definition) is 1. The summed E-state index contributed by atoms with van der Waals surface area (Å²) in [5.41, 5.74) is 8.50. The Labute approximate surface area is 128 Å². The molecule has 1 aromatic rings. The monoisotopic (exact) mass is 292 g/mol. The molecule has 1 heterocycles.